The minimum atomic E-state index is -0.429. The Morgan fingerprint density at radius 2 is 1.72 bits per heavy atom. The van der Waals surface area contributed by atoms with Crippen molar-refractivity contribution >= 4 is 17.5 Å². The molecule has 0 radical (unpaired) electrons. The first-order valence-electron chi connectivity index (χ1n) is 13.4. The van der Waals surface area contributed by atoms with Crippen LogP contribution < -0.4 is 15.8 Å². The van der Waals surface area contributed by atoms with Crippen LogP contribution in [0.5, 0.6) is 5.75 Å². The van der Waals surface area contributed by atoms with E-state index < -0.39 is 6.04 Å². The van der Waals surface area contributed by atoms with Crippen LogP contribution in [0.2, 0.25) is 5.02 Å². The van der Waals surface area contributed by atoms with Gasteiger partial charge in [0.1, 0.15) is 11.9 Å². The Bertz CT molecular complexity index is 978. The number of likely N-dealkylation sites (tertiary alicyclic amines) is 2. The summed E-state index contributed by atoms with van der Waals surface area (Å²) in [5, 5.41) is 3.80. The molecule has 2 saturated heterocycles. The maximum atomic E-state index is 12.4. The minimum absolute atomic E-state index is 0.0361. The molecule has 2 aromatic rings. The van der Waals surface area contributed by atoms with Crippen molar-refractivity contribution in [2.75, 3.05) is 26.2 Å². The van der Waals surface area contributed by atoms with Crippen LogP contribution >= 0.6 is 11.6 Å². The zero-order valence-electron chi connectivity index (χ0n) is 21.7. The van der Waals surface area contributed by atoms with E-state index in [1.807, 2.05) is 12.1 Å². The summed E-state index contributed by atoms with van der Waals surface area (Å²) in [7, 11) is 0. The van der Waals surface area contributed by atoms with E-state index in [0.29, 0.717) is 17.4 Å². The fraction of sp³-hybridized carbons (Fsp3) is 0.552. The molecule has 2 fully saturated rings. The second-order valence-electron chi connectivity index (χ2n) is 10.8. The van der Waals surface area contributed by atoms with Crippen LogP contribution in [0.4, 0.5) is 0 Å². The zero-order chi connectivity index (χ0) is 25.5. The molecule has 0 aromatic heterocycles. The molecule has 6 nitrogen and oxygen atoms in total. The van der Waals surface area contributed by atoms with Crippen LogP contribution in [-0.4, -0.2) is 60.1 Å². The summed E-state index contributed by atoms with van der Waals surface area (Å²) >= 11 is 6.62. The number of nitrogens with two attached hydrogens (primary N) is 1. The Morgan fingerprint density at radius 3 is 2.42 bits per heavy atom. The number of nitrogens with one attached hydrogen (secondary N) is 1. The van der Waals surface area contributed by atoms with E-state index in [-0.39, 0.29) is 18.1 Å². The second-order valence-corrected chi connectivity index (χ2v) is 11.2. The number of hydrogen-bond donors (Lipinski definition) is 2. The molecule has 196 valence electrons. The topological polar surface area (TPSA) is 70.8 Å². The van der Waals surface area contributed by atoms with Crippen LogP contribution in [0.1, 0.15) is 50.7 Å². The van der Waals surface area contributed by atoms with E-state index in [9.17, 15) is 4.79 Å². The van der Waals surface area contributed by atoms with E-state index in [1.54, 1.807) is 0 Å². The summed E-state index contributed by atoms with van der Waals surface area (Å²) in [4.78, 5) is 17.2. The Labute approximate surface area is 221 Å². The van der Waals surface area contributed by atoms with Gasteiger partial charge in [0.2, 0.25) is 5.91 Å². The number of carbonyl (C=O) groups excluding carboxylic acids is 1. The summed E-state index contributed by atoms with van der Waals surface area (Å²) in [6, 6.07) is 16.5. The highest BCUT2D eigenvalue weighted by Gasteiger charge is 2.26. The highest BCUT2D eigenvalue weighted by atomic mass is 35.5. The Kier molecular flexibility index (Phi) is 9.66. The molecular weight excluding hydrogens is 472 g/mol. The first-order valence-corrected chi connectivity index (χ1v) is 13.7. The van der Waals surface area contributed by atoms with Crippen molar-refractivity contribution in [3.63, 3.8) is 0 Å². The Morgan fingerprint density at radius 1 is 1.03 bits per heavy atom. The number of halogens is 1. The van der Waals surface area contributed by atoms with Crippen molar-refractivity contribution in [1.29, 1.82) is 0 Å². The van der Waals surface area contributed by atoms with Gasteiger partial charge in [0.05, 0.1) is 11.1 Å². The van der Waals surface area contributed by atoms with Crippen LogP contribution in [-0.2, 0) is 17.9 Å². The van der Waals surface area contributed by atoms with Gasteiger partial charge in [-0.1, -0.05) is 61.8 Å². The van der Waals surface area contributed by atoms with Crippen molar-refractivity contribution in [1.82, 2.24) is 15.1 Å². The molecule has 0 saturated carbocycles. The third kappa shape index (κ3) is 7.94. The highest BCUT2D eigenvalue weighted by Crippen LogP contribution is 2.29. The molecule has 2 aliphatic heterocycles. The molecule has 7 heteroatoms. The number of piperidine rings is 1. The Hall–Kier alpha value is -2.12. The van der Waals surface area contributed by atoms with E-state index in [1.165, 1.54) is 5.56 Å². The van der Waals surface area contributed by atoms with Gasteiger partial charge in [-0.05, 0) is 54.9 Å². The number of rotatable bonds is 10. The molecular formula is C29H41ClN4O2. The molecule has 2 atom stereocenters. The molecule has 0 aliphatic carbocycles. The van der Waals surface area contributed by atoms with Gasteiger partial charge in [0.15, 0.2) is 0 Å². The standard InChI is InChI=1S/C29H41ClN4O2/c1-21(2)16-27(31)29(35)32-24-10-13-34(20-24)19-23-8-9-28(26(30)17-23)36-25-11-14-33(15-12-25)18-22-6-4-3-5-7-22/h3-9,17,21,24-25,27H,10-16,18-20,31H2,1-2H3,(H,32,35)/t24-,27-/m0/s1. The number of hydrogen-bond acceptors (Lipinski definition) is 5. The van der Waals surface area contributed by atoms with Gasteiger partial charge in [0, 0.05) is 45.3 Å². The maximum Gasteiger partial charge on any atom is 0.237 e. The smallest absolute Gasteiger partial charge is 0.237 e. The van der Waals surface area contributed by atoms with E-state index in [0.717, 1.165) is 69.8 Å². The average molecular weight is 513 g/mol. The number of carbonyl (C=O) groups is 1. The second kappa shape index (κ2) is 12.9. The van der Waals surface area contributed by atoms with Gasteiger partial charge in [-0.2, -0.15) is 0 Å². The summed E-state index contributed by atoms with van der Waals surface area (Å²) in [6.07, 6.45) is 3.87. The van der Waals surface area contributed by atoms with Crippen LogP contribution in [0, 0.1) is 5.92 Å². The quantitative estimate of drug-likeness (QED) is 0.492. The lowest BCUT2D eigenvalue weighted by molar-refractivity contribution is -0.123. The van der Waals surface area contributed by atoms with Crippen LogP contribution in [0.3, 0.4) is 0 Å². The monoisotopic (exact) mass is 512 g/mol. The molecule has 0 spiro atoms. The maximum absolute atomic E-state index is 12.4. The van der Waals surface area contributed by atoms with Gasteiger partial charge in [0.25, 0.3) is 0 Å². The van der Waals surface area contributed by atoms with Gasteiger partial charge in [-0.25, -0.2) is 0 Å². The fourth-order valence-corrected chi connectivity index (χ4v) is 5.47. The molecule has 2 heterocycles. The molecule has 36 heavy (non-hydrogen) atoms. The summed E-state index contributed by atoms with van der Waals surface area (Å²) in [5.41, 5.74) is 8.55. The largest absolute Gasteiger partial charge is 0.489 e. The number of amides is 1. The molecule has 0 bridgehead atoms. The first kappa shape index (κ1) is 26.9. The third-order valence-electron chi connectivity index (χ3n) is 7.16. The third-order valence-corrected chi connectivity index (χ3v) is 7.46. The summed E-state index contributed by atoms with van der Waals surface area (Å²) in [6.45, 7) is 9.81. The minimum Gasteiger partial charge on any atom is -0.489 e. The lowest BCUT2D eigenvalue weighted by Gasteiger charge is -2.32. The van der Waals surface area contributed by atoms with Crippen LogP contribution in [0.25, 0.3) is 0 Å². The zero-order valence-corrected chi connectivity index (χ0v) is 22.4. The van der Waals surface area contributed by atoms with Crippen molar-refractivity contribution in [2.45, 2.75) is 70.8 Å². The van der Waals surface area contributed by atoms with Gasteiger partial charge < -0.3 is 15.8 Å². The molecule has 3 N–H and O–H groups in total. The van der Waals surface area contributed by atoms with E-state index >= 15 is 0 Å². The van der Waals surface area contributed by atoms with Crippen molar-refractivity contribution < 1.29 is 9.53 Å². The molecule has 2 aromatic carbocycles. The van der Waals surface area contributed by atoms with Crippen molar-refractivity contribution in [2.24, 2.45) is 11.7 Å². The van der Waals surface area contributed by atoms with Gasteiger partial charge >= 0.3 is 0 Å². The predicted octanol–water partition coefficient (Wildman–Crippen LogP) is 4.45. The number of benzene rings is 2. The first-order chi connectivity index (χ1) is 17.4. The molecule has 0 unspecified atom stereocenters. The van der Waals surface area contributed by atoms with Crippen molar-refractivity contribution in [3.8, 4) is 5.75 Å². The number of nitrogens with zero attached hydrogens (tertiary/aromatic N) is 2. The van der Waals surface area contributed by atoms with E-state index in [2.05, 4.69) is 65.4 Å². The van der Waals surface area contributed by atoms with Gasteiger partial charge in [-0.3, -0.25) is 14.6 Å². The summed E-state index contributed by atoms with van der Waals surface area (Å²) in [5.74, 6) is 1.15. The molecule has 2 aliphatic rings. The van der Waals surface area contributed by atoms with Gasteiger partial charge in [-0.15, -0.1) is 0 Å². The summed E-state index contributed by atoms with van der Waals surface area (Å²) < 4.78 is 6.29. The number of ether oxygens (including phenoxy) is 1. The highest BCUT2D eigenvalue weighted by molar-refractivity contribution is 6.32. The average Bonchev–Trinajstić information content (AvgIpc) is 3.28. The lowest BCUT2D eigenvalue weighted by Crippen LogP contribution is -2.46. The lowest BCUT2D eigenvalue weighted by atomic mass is 10.0. The predicted molar refractivity (Wildman–Crippen MR) is 146 cm³/mol. The SMILES string of the molecule is CC(C)C[C@H](N)C(=O)N[C@H]1CCN(Cc2ccc(OC3CCN(Cc4ccccc4)CC3)c(Cl)c2)C1. The molecule has 4 rings (SSSR count). The molecule has 1 amide bonds. The Balaban J connectivity index is 1.20. The van der Waals surface area contributed by atoms with Crippen molar-refractivity contribution in [3.05, 3.63) is 64.7 Å². The van der Waals surface area contributed by atoms with Crippen LogP contribution in [0.15, 0.2) is 48.5 Å². The normalized spacial score (nSPS) is 20.5. The fourth-order valence-electron chi connectivity index (χ4n) is 5.22. The van der Waals surface area contributed by atoms with E-state index in [4.69, 9.17) is 22.1 Å².